The minimum absolute atomic E-state index is 0.133. The van der Waals surface area contributed by atoms with Gasteiger partial charge in [-0.1, -0.05) is 0 Å². The van der Waals surface area contributed by atoms with E-state index in [4.69, 9.17) is 9.47 Å². The van der Waals surface area contributed by atoms with E-state index in [0.717, 1.165) is 44.6 Å². The van der Waals surface area contributed by atoms with Gasteiger partial charge in [0.15, 0.2) is 0 Å². The van der Waals surface area contributed by atoms with Crippen LogP contribution in [0.25, 0.3) is 0 Å². The highest BCUT2D eigenvalue weighted by Gasteiger charge is 2.28. The smallest absolute Gasteiger partial charge is 0.327 e. The molecule has 2 aliphatic rings. The minimum atomic E-state index is -0.269. The summed E-state index contributed by atoms with van der Waals surface area (Å²) in [5.74, 6) is 0.328. The molecule has 5 heteroatoms. The van der Waals surface area contributed by atoms with E-state index in [0.29, 0.717) is 12.5 Å². The fourth-order valence-electron chi connectivity index (χ4n) is 2.66. The first-order chi connectivity index (χ1) is 9.34. The Kier molecular flexibility index (Phi) is 4.15. The van der Waals surface area contributed by atoms with Gasteiger partial charge >= 0.3 is 5.97 Å². The number of esters is 1. The fraction of sp³-hybridized carbons (Fsp3) is 0.643. The third-order valence-corrected chi connectivity index (χ3v) is 4.83. The molecule has 3 heterocycles. The van der Waals surface area contributed by atoms with Crippen molar-refractivity contribution >= 4 is 17.3 Å². The van der Waals surface area contributed by atoms with Crippen LogP contribution in [-0.4, -0.2) is 32.3 Å². The molecule has 0 aliphatic carbocycles. The average molecular weight is 281 g/mol. The molecule has 1 aromatic heterocycles. The van der Waals surface area contributed by atoms with Crippen LogP contribution in [0, 0.1) is 5.92 Å². The number of thiophene rings is 1. The summed E-state index contributed by atoms with van der Waals surface area (Å²) >= 11 is 1.73. The zero-order valence-corrected chi connectivity index (χ0v) is 11.7. The molecule has 0 amide bonds. The van der Waals surface area contributed by atoms with E-state index in [1.54, 1.807) is 11.3 Å². The monoisotopic (exact) mass is 281 g/mol. The molecular formula is C14H19NO3S. The Morgan fingerprint density at radius 3 is 3.16 bits per heavy atom. The molecule has 1 N–H and O–H groups in total. The van der Waals surface area contributed by atoms with Gasteiger partial charge in [-0.15, -0.1) is 11.3 Å². The number of hydrogen-bond donors (Lipinski definition) is 1. The summed E-state index contributed by atoms with van der Waals surface area (Å²) in [7, 11) is 0. The molecule has 2 aliphatic heterocycles. The lowest BCUT2D eigenvalue weighted by Gasteiger charge is -2.25. The highest BCUT2D eigenvalue weighted by atomic mass is 32.1. The molecule has 0 radical (unpaired) electrons. The van der Waals surface area contributed by atoms with E-state index < -0.39 is 0 Å². The van der Waals surface area contributed by atoms with Crippen LogP contribution in [0.15, 0.2) is 11.4 Å². The third-order valence-electron chi connectivity index (χ3n) is 3.83. The van der Waals surface area contributed by atoms with Crippen molar-refractivity contribution in [1.29, 1.82) is 0 Å². The Morgan fingerprint density at radius 2 is 2.32 bits per heavy atom. The minimum Gasteiger partial charge on any atom is -0.464 e. The Labute approximate surface area is 117 Å². The first-order valence-electron chi connectivity index (χ1n) is 6.88. The summed E-state index contributed by atoms with van der Waals surface area (Å²) in [4.78, 5) is 13.5. The summed E-state index contributed by atoms with van der Waals surface area (Å²) in [6.45, 7) is 2.96. The largest absolute Gasteiger partial charge is 0.464 e. The van der Waals surface area contributed by atoms with Crippen LogP contribution in [0.2, 0.25) is 0 Å². The molecule has 0 spiro atoms. The van der Waals surface area contributed by atoms with Crippen molar-refractivity contribution in [3.8, 4) is 0 Å². The van der Waals surface area contributed by atoms with E-state index in [9.17, 15) is 4.79 Å². The SMILES string of the molecule is O=C(OCC1CCOCC1)C1NCCc2sccc21. The number of carbonyl (C=O) groups excluding carboxylic acids is 1. The maximum Gasteiger partial charge on any atom is 0.327 e. The first-order valence-corrected chi connectivity index (χ1v) is 7.76. The van der Waals surface area contributed by atoms with Gasteiger partial charge in [-0.2, -0.15) is 0 Å². The van der Waals surface area contributed by atoms with Gasteiger partial charge in [0.1, 0.15) is 6.04 Å². The second-order valence-corrected chi connectivity index (χ2v) is 6.12. The topological polar surface area (TPSA) is 47.6 Å². The number of ether oxygens (including phenoxy) is 2. The van der Waals surface area contributed by atoms with Crippen molar-refractivity contribution in [3.05, 3.63) is 21.9 Å². The van der Waals surface area contributed by atoms with Crippen molar-refractivity contribution in [3.63, 3.8) is 0 Å². The fourth-order valence-corrected chi connectivity index (χ4v) is 3.58. The second kappa shape index (κ2) is 6.03. The number of rotatable bonds is 3. The second-order valence-electron chi connectivity index (χ2n) is 5.12. The molecule has 1 fully saturated rings. The molecule has 104 valence electrons. The van der Waals surface area contributed by atoms with Crippen molar-refractivity contribution in [2.24, 2.45) is 5.92 Å². The van der Waals surface area contributed by atoms with E-state index in [-0.39, 0.29) is 12.0 Å². The summed E-state index contributed by atoms with van der Waals surface area (Å²) in [6.07, 6.45) is 3.00. The molecule has 3 rings (SSSR count). The molecule has 19 heavy (non-hydrogen) atoms. The quantitative estimate of drug-likeness (QED) is 0.860. The van der Waals surface area contributed by atoms with Crippen LogP contribution in [0.5, 0.6) is 0 Å². The zero-order chi connectivity index (χ0) is 13.1. The van der Waals surface area contributed by atoms with Crippen molar-refractivity contribution in [2.45, 2.75) is 25.3 Å². The van der Waals surface area contributed by atoms with Crippen molar-refractivity contribution < 1.29 is 14.3 Å². The van der Waals surface area contributed by atoms with Gasteiger partial charge in [0.2, 0.25) is 0 Å². The Morgan fingerprint density at radius 1 is 1.47 bits per heavy atom. The molecule has 1 aromatic rings. The van der Waals surface area contributed by atoms with Gasteiger partial charge in [0, 0.05) is 24.6 Å². The normalized spacial score (nSPS) is 23.9. The van der Waals surface area contributed by atoms with Crippen molar-refractivity contribution in [2.75, 3.05) is 26.4 Å². The predicted molar refractivity (Wildman–Crippen MR) is 73.3 cm³/mol. The van der Waals surface area contributed by atoms with Gasteiger partial charge in [-0.25, -0.2) is 4.79 Å². The Balaban J connectivity index is 1.56. The van der Waals surface area contributed by atoms with E-state index in [1.165, 1.54) is 4.88 Å². The average Bonchev–Trinajstić information content (AvgIpc) is 2.94. The lowest BCUT2D eigenvalue weighted by molar-refractivity contribution is -0.148. The van der Waals surface area contributed by atoms with E-state index >= 15 is 0 Å². The van der Waals surface area contributed by atoms with Crippen LogP contribution in [0.4, 0.5) is 0 Å². The summed E-state index contributed by atoms with van der Waals surface area (Å²) in [6, 6.07) is 1.77. The Hall–Kier alpha value is -0.910. The Bertz CT molecular complexity index is 440. The third kappa shape index (κ3) is 2.99. The zero-order valence-electron chi connectivity index (χ0n) is 10.9. The number of hydrogen-bond acceptors (Lipinski definition) is 5. The van der Waals surface area contributed by atoms with Crippen LogP contribution >= 0.6 is 11.3 Å². The highest BCUT2D eigenvalue weighted by Crippen LogP contribution is 2.28. The van der Waals surface area contributed by atoms with Crippen LogP contribution in [0.3, 0.4) is 0 Å². The predicted octanol–water partition coefficient (Wildman–Crippen LogP) is 1.90. The van der Waals surface area contributed by atoms with Gasteiger partial charge in [0.25, 0.3) is 0 Å². The van der Waals surface area contributed by atoms with Gasteiger partial charge in [-0.3, -0.25) is 0 Å². The van der Waals surface area contributed by atoms with Gasteiger partial charge < -0.3 is 14.8 Å². The van der Waals surface area contributed by atoms with Gasteiger partial charge in [-0.05, 0) is 42.2 Å². The van der Waals surface area contributed by atoms with E-state index in [2.05, 4.69) is 10.7 Å². The molecule has 0 bridgehead atoms. The lowest BCUT2D eigenvalue weighted by atomic mass is 10.0. The highest BCUT2D eigenvalue weighted by molar-refractivity contribution is 7.10. The van der Waals surface area contributed by atoms with Crippen LogP contribution in [0.1, 0.15) is 29.3 Å². The summed E-state index contributed by atoms with van der Waals surface area (Å²) in [5.41, 5.74) is 1.10. The van der Waals surface area contributed by atoms with Crippen LogP contribution in [-0.2, 0) is 20.7 Å². The molecule has 1 saturated heterocycles. The molecule has 4 nitrogen and oxygen atoms in total. The summed E-state index contributed by atoms with van der Waals surface area (Å²) < 4.78 is 10.8. The standard InChI is InChI=1S/C14H19NO3S/c16-14(18-9-10-2-6-17-7-3-10)13-11-4-8-19-12(11)1-5-15-13/h4,8,10,13,15H,1-3,5-7,9H2. The lowest BCUT2D eigenvalue weighted by Crippen LogP contribution is -2.36. The van der Waals surface area contributed by atoms with Gasteiger partial charge in [0.05, 0.1) is 6.61 Å². The molecule has 0 aromatic carbocycles. The van der Waals surface area contributed by atoms with Crippen LogP contribution < -0.4 is 5.32 Å². The molecule has 1 atom stereocenters. The van der Waals surface area contributed by atoms with E-state index in [1.807, 2.05) is 6.07 Å². The molecule has 0 saturated carbocycles. The maximum absolute atomic E-state index is 12.2. The number of fused-ring (bicyclic) bond motifs is 1. The van der Waals surface area contributed by atoms with Crippen molar-refractivity contribution in [1.82, 2.24) is 5.32 Å². The maximum atomic E-state index is 12.2. The number of nitrogens with one attached hydrogen (secondary N) is 1. The molecular weight excluding hydrogens is 262 g/mol. The first kappa shape index (κ1) is 13.1. The summed E-state index contributed by atoms with van der Waals surface area (Å²) in [5, 5.41) is 5.31. The number of carbonyl (C=O) groups is 1. The molecule has 1 unspecified atom stereocenters.